The summed E-state index contributed by atoms with van der Waals surface area (Å²) < 4.78 is 7.25. The first-order valence-electron chi connectivity index (χ1n) is 10.1. The third-order valence-electron chi connectivity index (χ3n) is 4.81. The van der Waals surface area contributed by atoms with Crippen molar-refractivity contribution in [3.63, 3.8) is 0 Å². The Kier molecular flexibility index (Phi) is 5.79. The predicted octanol–water partition coefficient (Wildman–Crippen LogP) is 3.43. The molecule has 0 aliphatic heterocycles. The van der Waals surface area contributed by atoms with Crippen molar-refractivity contribution in [1.82, 2.24) is 25.4 Å². The van der Waals surface area contributed by atoms with E-state index < -0.39 is 0 Å². The van der Waals surface area contributed by atoms with Gasteiger partial charge in [-0.15, -0.1) is 0 Å². The number of fused-ring (bicyclic) bond motifs is 1. The van der Waals surface area contributed by atoms with Crippen LogP contribution in [0.15, 0.2) is 65.4 Å². The van der Waals surface area contributed by atoms with E-state index in [-0.39, 0.29) is 24.4 Å². The zero-order valence-corrected chi connectivity index (χ0v) is 17.3. The first-order chi connectivity index (χ1) is 15.0. The summed E-state index contributed by atoms with van der Waals surface area (Å²) in [7, 11) is 0. The largest absolute Gasteiger partial charge is 0.463 e. The molecule has 0 atom stereocenters. The molecule has 3 heterocycles. The Morgan fingerprint density at radius 2 is 1.77 bits per heavy atom. The number of nitrogens with one attached hydrogen (secondary N) is 2. The van der Waals surface area contributed by atoms with E-state index >= 15 is 0 Å². The lowest BCUT2D eigenvalue weighted by atomic mass is 10.1. The summed E-state index contributed by atoms with van der Waals surface area (Å²) in [5, 5.41) is 10.7. The van der Waals surface area contributed by atoms with Gasteiger partial charge in [-0.2, -0.15) is 5.10 Å². The van der Waals surface area contributed by atoms with Crippen LogP contribution in [0.5, 0.6) is 0 Å². The fourth-order valence-corrected chi connectivity index (χ4v) is 3.27. The Hall–Kier alpha value is -3.94. The molecular formula is C23H23N5O3. The maximum absolute atomic E-state index is 13.0. The smallest absolute Gasteiger partial charge is 0.252 e. The van der Waals surface area contributed by atoms with E-state index in [1.807, 2.05) is 19.9 Å². The van der Waals surface area contributed by atoms with Crippen molar-refractivity contribution >= 4 is 22.8 Å². The third-order valence-corrected chi connectivity index (χ3v) is 4.81. The van der Waals surface area contributed by atoms with Crippen molar-refractivity contribution in [3.05, 3.63) is 72.1 Å². The van der Waals surface area contributed by atoms with E-state index in [1.165, 1.54) is 0 Å². The summed E-state index contributed by atoms with van der Waals surface area (Å²) in [6, 6.07) is 14.3. The lowest BCUT2D eigenvalue weighted by Crippen LogP contribution is -2.34. The standard InChI is InChI=1S/C23H23N5O3/c1-15(2)28-21-18(14-26-28)17(13-19(27-21)20-9-6-12-31-20)23(30)25-11-10-24-22(29)16-7-4-3-5-8-16/h3-9,12-15H,10-11H2,1-2H3,(H,24,29)(H,25,30). The Balaban J connectivity index is 1.51. The monoisotopic (exact) mass is 417 g/mol. The van der Waals surface area contributed by atoms with Gasteiger partial charge in [-0.1, -0.05) is 18.2 Å². The van der Waals surface area contributed by atoms with Crippen LogP contribution in [0.2, 0.25) is 0 Å². The summed E-state index contributed by atoms with van der Waals surface area (Å²) in [4.78, 5) is 29.7. The van der Waals surface area contributed by atoms with Gasteiger partial charge in [0.15, 0.2) is 11.4 Å². The van der Waals surface area contributed by atoms with Gasteiger partial charge >= 0.3 is 0 Å². The average Bonchev–Trinajstić information content (AvgIpc) is 3.46. The second-order valence-electron chi connectivity index (χ2n) is 7.33. The summed E-state index contributed by atoms with van der Waals surface area (Å²) in [6.07, 6.45) is 3.22. The van der Waals surface area contributed by atoms with Crippen LogP contribution < -0.4 is 10.6 Å². The molecular weight excluding hydrogens is 394 g/mol. The Labute approximate surface area is 179 Å². The van der Waals surface area contributed by atoms with Crippen LogP contribution in [-0.4, -0.2) is 39.7 Å². The summed E-state index contributed by atoms with van der Waals surface area (Å²) in [5.41, 5.74) is 2.21. The number of nitrogens with zero attached hydrogens (tertiary/aromatic N) is 3. The Morgan fingerprint density at radius 1 is 1.03 bits per heavy atom. The predicted molar refractivity (Wildman–Crippen MR) is 117 cm³/mol. The normalized spacial score (nSPS) is 11.1. The number of pyridine rings is 1. The summed E-state index contributed by atoms with van der Waals surface area (Å²) in [6.45, 7) is 4.60. The maximum atomic E-state index is 13.0. The average molecular weight is 417 g/mol. The number of amides is 2. The quantitative estimate of drug-likeness (QED) is 0.449. The molecule has 2 amide bonds. The minimum absolute atomic E-state index is 0.0842. The van der Waals surface area contributed by atoms with Crippen LogP contribution in [0, 0.1) is 0 Å². The number of hydrogen-bond acceptors (Lipinski definition) is 5. The molecule has 0 bridgehead atoms. The Morgan fingerprint density at radius 3 is 2.45 bits per heavy atom. The van der Waals surface area contributed by atoms with E-state index in [1.54, 1.807) is 59.6 Å². The van der Waals surface area contributed by atoms with Gasteiger partial charge in [0.25, 0.3) is 11.8 Å². The van der Waals surface area contributed by atoms with E-state index in [2.05, 4.69) is 20.7 Å². The molecule has 31 heavy (non-hydrogen) atoms. The van der Waals surface area contributed by atoms with Gasteiger partial charge in [-0.25, -0.2) is 9.67 Å². The van der Waals surface area contributed by atoms with Crippen molar-refractivity contribution in [3.8, 4) is 11.5 Å². The molecule has 8 nitrogen and oxygen atoms in total. The second-order valence-corrected chi connectivity index (χ2v) is 7.33. The van der Waals surface area contributed by atoms with Gasteiger partial charge in [0.2, 0.25) is 0 Å². The molecule has 0 spiro atoms. The number of aromatic nitrogens is 3. The van der Waals surface area contributed by atoms with Crippen LogP contribution in [0.4, 0.5) is 0 Å². The van der Waals surface area contributed by atoms with Gasteiger partial charge in [-0.3, -0.25) is 9.59 Å². The number of benzene rings is 1. The van der Waals surface area contributed by atoms with Crippen molar-refractivity contribution in [2.75, 3.05) is 13.1 Å². The van der Waals surface area contributed by atoms with Gasteiger partial charge in [0.1, 0.15) is 5.69 Å². The summed E-state index contributed by atoms with van der Waals surface area (Å²) in [5.74, 6) is 0.125. The van der Waals surface area contributed by atoms with Crippen molar-refractivity contribution < 1.29 is 14.0 Å². The van der Waals surface area contributed by atoms with Crippen LogP contribution >= 0.6 is 0 Å². The molecule has 1 aromatic carbocycles. The molecule has 0 aliphatic carbocycles. The molecule has 0 aliphatic rings. The lowest BCUT2D eigenvalue weighted by molar-refractivity contribution is 0.0928. The van der Waals surface area contributed by atoms with Crippen LogP contribution in [-0.2, 0) is 0 Å². The van der Waals surface area contributed by atoms with Crippen molar-refractivity contribution in [2.24, 2.45) is 0 Å². The number of carbonyl (C=O) groups is 2. The maximum Gasteiger partial charge on any atom is 0.252 e. The molecule has 4 rings (SSSR count). The molecule has 0 radical (unpaired) electrons. The number of rotatable bonds is 7. The highest BCUT2D eigenvalue weighted by Crippen LogP contribution is 2.26. The van der Waals surface area contributed by atoms with Gasteiger partial charge < -0.3 is 15.1 Å². The fourth-order valence-electron chi connectivity index (χ4n) is 3.27. The van der Waals surface area contributed by atoms with Crippen molar-refractivity contribution in [1.29, 1.82) is 0 Å². The highest BCUT2D eigenvalue weighted by molar-refractivity contribution is 6.06. The van der Waals surface area contributed by atoms with Crippen LogP contribution in [0.25, 0.3) is 22.5 Å². The second kappa shape index (κ2) is 8.83. The SMILES string of the molecule is CC(C)n1ncc2c(C(=O)NCCNC(=O)c3ccccc3)cc(-c3ccco3)nc21. The number of carbonyl (C=O) groups excluding carboxylic acids is 2. The molecule has 0 saturated carbocycles. The fraction of sp³-hybridized carbons (Fsp3) is 0.217. The van der Waals surface area contributed by atoms with Crippen LogP contribution in [0.1, 0.15) is 40.6 Å². The first-order valence-corrected chi connectivity index (χ1v) is 10.1. The Bertz CT molecular complexity index is 1200. The zero-order valence-electron chi connectivity index (χ0n) is 17.3. The molecule has 158 valence electrons. The lowest BCUT2D eigenvalue weighted by Gasteiger charge is -2.10. The first kappa shape index (κ1) is 20.3. The van der Waals surface area contributed by atoms with E-state index in [4.69, 9.17) is 4.42 Å². The summed E-state index contributed by atoms with van der Waals surface area (Å²) >= 11 is 0. The molecule has 0 unspecified atom stereocenters. The van der Waals surface area contributed by atoms with E-state index in [9.17, 15) is 9.59 Å². The molecule has 0 saturated heterocycles. The molecule has 2 N–H and O–H groups in total. The molecule has 4 aromatic rings. The highest BCUT2D eigenvalue weighted by atomic mass is 16.3. The topological polar surface area (TPSA) is 102 Å². The van der Waals surface area contributed by atoms with Gasteiger partial charge in [0, 0.05) is 24.7 Å². The van der Waals surface area contributed by atoms with E-state index in [0.29, 0.717) is 40.2 Å². The highest BCUT2D eigenvalue weighted by Gasteiger charge is 2.19. The molecule has 8 heteroatoms. The van der Waals surface area contributed by atoms with Crippen LogP contribution in [0.3, 0.4) is 0 Å². The number of hydrogen-bond donors (Lipinski definition) is 2. The van der Waals surface area contributed by atoms with Crippen molar-refractivity contribution in [2.45, 2.75) is 19.9 Å². The van der Waals surface area contributed by atoms with Gasteiger partial charge in [-0.05, 0) is 44.2 Å². The molecule has 3 aromatic heterocycles. The number of furan rings is 1. The molecule has 0 fully saturated rings. The third kappa shape index (κ3) is 4.32. The zero-order chi connectivity index (χ0) is 21.8. The van der Waals surface area contributed by atoms with Gasteiger partial charge in [0.05, 0.1) is 23.4 Å². The van der Waals surface area contributed by atoms with E-state index in [0.717, 1.165) is 0 Å². The minimum Gasteiger partial charge on any atom is -0.463 e. The minimum atomic E-state index is -0.266.